The zero-order valence-electron chi connectivity index (χ0n) is 7.88. The summed E-state index contributed by atoms with van der Waals surface area (Å²) in [4.78, 5) is 9.80. The second-order valence-electron chi connectivity index (χ2n) is 4.29. The fraction of sp³-hybridized carbons (Fsp3) is 1.00. The van der Waals surface area contributed by atoms with Crippen molar-refractivity contribution in [3.63, 3.8) is 0 Å². The normalized spacial score (nSPS) is 13.6. The van der Waals surface area contributed by atoms with Crippen LogP contribution in [-0.4, -0.2) is 32.3 Å². The van der Waals surface area contributed by atoms with E-state index in [1.54, 1.807) is 0 Å². The first kappa shape index (κ1) is 13.6. The summed E-state index contributed by atoms with van der Waals surface area (Å²) in [5.41, 5.74) is 0. The van der Waals surface area contributed by atoms with Gasteiger partial charge in [0.25, 0.3) is 0 Å². The molecule has 0 unspecified atom stereocenters. The van der Waals surface area contributed by atoms with Gasteiger partial charge in [-0.2, -0.15) is 0 Å². The summed E-state index contributed by atoms with van der Waals surface area (Å²) in [6.45, 7) is 0. The van der Waals surface area contributed by atoms with Crippen molar-refractivity contribution in [1.29, 1.82) is 0 Å². The molecule has 0 radical (unpaired) electrons. The van der Waals surface area contributed by atoms with Gasteiger partial charge in [0.15, 0.2) is 0 Å². The van der Waals surface area contributed by atoms with Gasteiger partial charge in [-0.05, 0) is 0 Å². The Morgan fingerprint density at radius 2 is 1.09 bits per heavy atom. The van der Waals surface area contributed by atoms with Crippen LogP contribution in [-0.2, 0) is 0 Å². The van der Waals surface area contributed by atoms with Gasteiger partial charge in [-0.25, -0.2) is 0 Å². The van der Waals surface area contributed by atoms with Crippen molar-refractivity contribution in [3.8, 4) is 0 Å². The molecule has 0 rings (SSSR count). The van der Waals surface area contributed by atoms with Crippen LogP contribution in [0.2, 0.25) is 28.6 Å². The van der Waals surface area contributed by atoms with E-state index in [2.05, 4.69) is 45.2 Å². The number of rotatable bonds is 4. The van der Waals surface area contributed by atoms with Crippen molar-refractivity contribution >= 4 is 57.7 Å². The molecule has 0 aliphatic carbocycles. The first-order valence-electron chi connectivity index (χ1n) is 4.09. The molecule has 68 valence electrons. The number of halogens is 2. The molecule has 0 N–H and O–H groups in total. The molecule has 0 nitrogen and oxygen atoms in total. The Bertz CT molecular complexity index is 98.6. The van der Waals surface area contributed by atoms with E-state index in [0.717, 1.165) is 0 Å². The van der Waals surface area contributed by atoms with E-state index in [1.165, 1.54) is 15.3 Å². The Kier molecular flexibility index (Phi) is 6.71. The third kappa shape index (κ3) is 12.6. The number of hydrogen-bond acceptors (Lipinski definition) is 0. The summed E-state index contributed by atoms with van der Waals surface area (Å²) in [6, 6.07) is 0. The van der Waals surface area contributed by atoms with Crippen molar-refractivity contribution in [2.24, 2.45) is 0 Å². The summed E-state index contributed by atoms with van der Waals surface area (Å²) in [6.07, 6.45) is 1.46. The Morgan fingerprint density at radius 1 is 0.818 bits per heavy atom. The van der Waals surface area contributed by atoms with Crippen molar-refractivity contribution in [1.82, 2.24) is 0 Å². The molecule has 0 saturated carbocycles. The maximum absolute atomic E-state index is 3.86. The molecule has 0 aromatic carbocycles. The Labute approximate surface area is 91.2 Å². The van der Waals surface area contributed by atoms with Crippen LogP contribution in [0.3, 0.4) is 0 Å². The van der Waals surface area contributed by atoms with Gasteiger partial charge in [-0.3, -0.25) is 0 Å². The summed E-state index contributed by atoms with van der Waals surface area (Å²) in [5.74, 6) is 0. The Hall–Kier alpha value is 2.56. The fourth-order valence-corrected chi connectivity index (χ4v) is 13.4. The zero-order chi connectivity index (χ0) is 9.12. The molecule has 0 spiro atoms. The van der Waals surface area contributed by atoms with Gasteiger partial charge in [0.05, 0.1) is 0 Å². The monoisotopic (exact) mass is 500 g/mol. The van der Waals surface area contributed by atoms with Crippen LogP contribution in [0, 0.1) is 0 Å². The van der Waals surface area contributed by atoms with Gasteiger partial charge in [0, 0.05) is 0 Å². The molecule has 4 heteroatoms. The molecule has 0 heterocycles. The Balaban J connectivity index is 3.44. The molecule has 0 amide bonds. The van der Waals surface area contributed by atoms with Crippen molar-refractivity contribution < 1.29 is 0 Å². The van der Waals surface area contributed by atoms with Gasteiger partial charge >= 0.3 is 92.8 Å². The van der Waals surface area contributed by atoms with Crippen LogP contribution in [0.5, 0.6) is 0 Å². The van der Waals surface area contributed by atoms with Gasteiger partial charge < -0.3 is 0 Å². The molecule has 0 aromatic heterocycles. The molecule has 11 heavy (non-hydrogen) atoms. The maximum atomic E-state index is 3.86. The molecule has 0 aliphatic heterocycles. The minimum atomic E-state index is -1.59. The average molecular weight is 499 g/mol. The predicted octanol–water partition coefficient (Wildman–Crippen LogP) is 4.58. The second-order valence-corrected chi connectivity index (χ2v) is 55.6. The average Bonchev–Trinajstić information content (AvgIpc) is 1.55. The quantitative estimate of drug-likeness (QED) is 0.497. The molecule has 0 atom stereocenters. The summed E-state index contributed by atoms with van der Waals surface area (Å²) >= 11 is 4.56. The van der Waals surface area contributed by atoms with Gasteiger partial charge in [0.1, 0.15) is 0 Å². The standard InChI is InChI=1S/C3H6.4CH3.2BrH.2Sn/c1-3-2;;;;;;;;/h1-3H2;4*1H3;2*1H;;/q;;;;;;;2*+1/p-2. The van der Waals surface area contributed by atoms with Crippen molar-refractivity contribution in [3.05, 3.63) is 0 Å². The zero-order valence-corrected chi connectivity index (χ0v) is 16.8. The molecule has 0 bridgehead atoms. The van der Waals surface area contributed by atoms with Crippen LogP contribution in [0.4, 0.5) is 0 Å². The summed E-state index contributed by atoms with van der Waals surface area (Å²) < 4.78 is 3.00. The fourth-order valence-electron chi connectivity index (χ4n) is 0.929. The predicted molar refractivity (Wildman–Crippen MR) is 67.0 cm³/mol. The topological polar surface area (TPSA) is 0 Å². The SMILES string of the molecule is [CH3][Sn]([CH3])([Br])[CH2]C[CH2][Sn]([CH3])([CH3])[Br]. The van der Waals surface area contributed by atoms with Crippen LogP contribution in [0.15, 0.2) is 0 Å². The van der Waals surface area contributed by atoms with E-state index >= 15 is 0 Å². The summed E-state index contributed by atoms with van der Waals surface area (Å²) in [7, 11) is 0. The number of hydrogen-bond donors (Lipinski definition) is 0. The van der Waals surface area contributed by atoms with Crippen LogP contribution < -0.4 is 0 Å². The van der Waals surface area contributed by atoms with Crippen molar-refractivity contribution in [2.75, 3.05) is 0 Å². The first-order valence-corrected chi connectivity index (χ1v) is 32.3. The van der Waals surface area contributed by atoms with E-state index in [4.69, 9.17) is 0 Å². The first-order chi connectivity index (χ1) is 4.71. The molecular weight excluding hydrogens is 481 g/mol. The van der Waals surface area contributed by atoms with Gasteiger partial charge in [-0.1, -0.05) is 0 Å². The summed E-state index contributed by atoms with van der Waals surface area (Å²) in [5, 5.41) is 0. The molecule has 0 fully saturated rings. The van der Waals surface area contributed by atoms with E-state index in [-0.39, 0.29) is 0 Å². The van der Waals surface area contributed by atoms with Crippen LogP contribution in [0.25, 0.3) is 0 Å². The second kappa shape index (κ2) is 5.44. The van der Waals surface area contributed by atoms with Gasteiger partial charge in [-0.15, -0.1) is 0 Å². The van der Waals surface area contributed by atoms with E-state index in [0.29, 0.717) is 0 Å². The van der Waals surface area contributed by atoms with E-state index in [1.807, 2.05) is 0 Å². The Morgan fingerprint density at radius 3 is 1.27 bits per heavy atom. The van der Waals surface area contributed by atoms with Crippen molar-refractivity contribution in [2.45, 2.75) is 35.1 Å². The molecule has 0 saturated heterocycles. The third-order valence-electron chi connectivity index (χ3n) is 1.54. The minimum absolute atomic E-state index is 1.46. The van der Waals surface area contributed by atoms with E-state index < -0.39 is 32.3 Å². The third-order valence-corrected chi connectivity index (χ3v) is 15.7. The van der Waals surface area contributed by atoms with Gasteiger partial charge in [0.2, 0.25) is 0 Å². The molecule has 0 aromatic rings. The van der Waals surface area contributed by atoms with E-state index in [9.17, 15) is 0 Å². The molecule has 0 aliphatic rings. The molecular formula is C7H18Br2Sn2. The van der Waals surface area contributed by atoms with Crippen LogP contribution in [0.1, 0.15) is 6.42 Å². The van der Waals surface area contributed by atoms with Crippen LogP contribution >= 0.6 is 25.4 Å².